The molecule has 1 aromatic heterocycles. The van der Waals surface area contributed by atoms with E-state index in [1.54, 1.807) is 5.38 Å². The first kappa shape index (κ1) is 12.0. The smallest absolute Gasteiger partial charge is 0.250 e. The molecule has 1 aromatic rings. The van der Waals surface area contributed by atoms with Gasteiger partial charge in [0.15, 0.2) is 0 Å². The first-order valence-corrected chi connectivity index (χ1v) is 7.66. The lowest BCUT2D eigenvalue weighted by molar-refractivity contribution is 0.282. The van der Waals surface area contributed by atoms with Gasteiger partial charge in [0.1, 0.15) is 4.21 Å². The Morgan fingerprint density at radius 1 is 1.50 bits per heavy atom. The molecule has 0 atom stereocenters. The van der Waals surface area contributed by atoms with Crippen molar-refractivity contribution in [1.82, 2.24) is 4.72 Å². The molecule has 1 fully saturated rings. The van der Waals surface area contributed by atoms with Crippen molar-refractivity contribution >= 4 is 21.4 Å². The van der Waals surface area contributed by atoms with E-state index in [0.717, 1.165) is 23.7 Å². The van der Waals surface area contributed by atoms with Crippen molar-refractivity contribution in [2.75, 3.05) is 6.54 Å². The summed E-state index contributed by atoms with van der Waals surface area (Å²) < 4.78 is 26.4. The van der Waals surface area contributed by atoms with Crippen molar-refractivity contribution in [3.05, 3.63) is 17.0 Å². The Morgan fingerprint density at radius 3 is 2.81 bits per heavy atom. The van der Waals surface area contributed by atoms with Crippen LogP contribution in [0.25, 0.3) is 0 Å². The van der Waals surface area contributed by atoms with Gasteiger partial charge >= 0.3 is 0 Å². The summed E-state index contributed by atoms with van der Waals surface area (Å²) in [5.74, 6) is 0.721. The number of rotatable bonds is 6. The maximum atomic E-state index is 11.8. The first-order chi connectivity index (χ1) is 7.62. The van der Waals surface area contributed by atoms with E-state index in [0.29, 0.717) is 12.1 Å². The van der Waals surface area contributed by atoms with Crippen LogP contribution < -0.4 is 4.72 Å². The molecular formula is C10H15NO3S2. The molecule has 2 N–H and O–H groups in total. The molecule has 0 aromatic carbocycles. The quantitative estimate of drug-likeness (QED) is 0.811. The Kier molecular flexibility index (Phi) is 3.63. The van der Waals surface area contributed by atoms with Gasteiger partial charge in [-0.25, -0.2) is 13.1 Å². The van der Waals surface area contributed by atoms with Crippen LogP contribution in [0.2, 0.25) is 0 Å². The molecular weight excluding hydrogens is 246 g/mol. The van der Waals surface area contributed by atoms with Gasteiger partial charge in [0, 0.05) is 6.54 Å². The number of aliphatic hydroxyl groups is 1. The molecule has 0 saturated heterocycles. The molecule has 0 bridgehead atoms. The Labute approximate surface area is 99.4 Å². The summed E-state index contributed by atoms with van der Waals surface area (Å²) in [6, 6.07) is 1.52. The highest BCUT2D eigenvalue weighted by Gasteiger charge is 2.22. The third-order valence-corrected chi connectivity index (χ3v) is 5.57. The topological polar surface area (TPSA) is 66.4 Å². The van der Waals surface area contributed by atoms with Crippen molar-refractivity contribution < 1.29 is 13.5 Å². The summed E-state index contributed by atoms with van der Waals surface area (Å²) in [6.45, 7) is 0.396. The van der Waals surface area contributed by atoms with Gasteiger partial charge in [-0.3, -0.25) is 0 Å². The molecule has 2 rings (SSSR count). The molecule has 1 aliphatic carbocycles. The summed E-state index contributed by atoms with van der Waals surface area (Å²) in [5, 5.41) is 10.5. The molecule has 1 saturated carbocycles. The minimum absolute atomic E-state index is 0.117. The van der Waals surface area contributed by atoms with E-state index in [9.17, 15) is 8.42 Å². The van der Waals surface area contributed by atoms with Crippen molar-refractivity contribution in [1.29, 1.82) is 0 Å². The van der Waals surface area contributed by atoms with Crippen molar-refractivity contribution in [3.8, 4) is 0 Å². The number of nitrogens with one attached hydrogen (secondary N) is 1. The summed E-state index contributed by atoms with van der Waals surface area (Å²) in [6.07, 6.45) is 3.39. The molecule has 90 valence electrons. The van der Waals surface area contributed by atoms with E-state index in [2.05, 4.69) is 4.72 Å². The third kappa shape index (κ3) is 3.04. The highest BCUT2D eigenvalue weighted by molar-refractivity contribution is 7.91. The second-order valence-corrected chi connectivity index (χ2v) is 6.97. The van der Waals surface area contributed by atoms with Gasteiger partial charge in [-0.15, -0.1) is 11.3 Å². The Bertz CT molecular complexity index is 448. The van der Waals surface area contributed by atoms with Crippen LogP contribution in [0.1, 0.15) is 24.8 Å². The fraction of sp³-hybridized carbons (Fsp3) is 0.600. The van der Waals surface area contributed by atoms with Gasteiger partial charge in [0.05, 0.1) is 6.61 Å². The maximum Gasteiger partial charge on any atom is 0.250 e. The normalized spacial score (nSPS) is 16.6. The predicted octanol–water partition coefficient (Wildman–Crippen LogP) is 1.32. The second kappa shape index (κ2) is 4.83. The van der Waals surface area contributed by atoms with Gasteiger partial charge in [-0.2, -0.15) is 0 Å². The van der Waals surface area contributed by atoms with Crippen molar-refractivity contribution in [2.45, 2.75) is 30.1 Å². The van der Waals surface area contributed by atoms with E-state index in [4.69, 9.17) is 5.11 Å². The van der Waals surface area contributed by atoms with E-state index in [-0.39, 0.29) is 10.8 Å². The molecule has 1 aliphatic rings. The minimum Gasteiger partial charge on any atom is -0.392 e. The summed E-state index contributed by atoms with van der Waals surface area (Å²) >= 11 is 1.15. The van der Waals surface area contributed by atoms with Gasteiger partial charge in [0.25, 0.3) is 0 Å². The lowest BCUT2D eigenvalue weighted by atomic mass is 10.3. The zero-order valence-corrected chi connectivity index (χ0v) is 10.5. The van der Waals surface area contributed by atoms with Gasteiger partial charge in [-0.1, -0.05) is 12.8 Å². The number of aliphatic hydroxyl groups excluding tert-OH is 1. The average molecular weight is 261 g/mol. The maximum absolute atomic E-state index is 11.8. The molecule has 0 aliphatic heterocycles. The summed E-state index contributed by atoms with van der Waals surface area (Å²) in [5.41, 5.74) is 0.646. The van der Waals surface area contributed by atoms with Crippen LogP contribution in [0, 0.1) is 5.92 Å². The zero-order valence-electron chi connectivity index (χ0n) is 8.85. The minimum atomic E-state index is -3.36. The van der Waals surface area contributed by atoms with Crippen LogP contribution in [0.15, 0.2) is 15.7 Å². The summed E-state index contributed by atoms with van der Waals surface area (Å²) in [7, 11) is -3.36. The molecule has 0 radical (unpaired) electrons. The molecule has 0 unspecified atom stereocenters. The number of hydrogen-bond acceptors (Lipinski definition) is 4. The van der Waals surface area contributed by atoms with Crippen LogP contribution in [-0.2, 0) is 16.6 Å². The monoisotopic (exact) mass is 261 g/mol. The first-order valence-electron chi connectivity index (χ1n) is 5.30. The van der Waals surface area contributed by atoms with Crippen LogP contribution in [-0.4, -0.2) is 20.1 Å². The lowest BCUT2D eigenvalue weighted by Crippen LogP contribution is -2.24. The number of hydrogen-bond donors (Lipinski definition) is 2. The third-order valence-electron chi connectivity index (χ3n) is 2.62. The zero-order chi connectivity index (χ0) is 11.6. The summed E-state index contributed by atoms with van der Waals surface area (Å²) in [4.78, 5) is 0. The van der Waals surface area contributed by atoms with Crippen molar-refractivity contribution in [2.24, 2.45) is 5.92 Å². The fourth-order valence-corrected chi connectivity index (χ4v) is 3.74. The fourth-order valence-electron chi connectivity index (χ4n) is 1.45. The Balaban J connectivity index is 1.94. The molecule has 6 heteroatoms. The van der Waals surface area contributed by atoms with Crippen LogP contribution in [0.4, 0.5) is 0 Å². The number of sulfonamides is 1. The Hall–Kier alpha value is -0.430. The standard InChI is InChI=1S/C10H15NO3S2/c12-6-9-5-10(15-7-9)16(13,14)11-4-3-8-1-2-8/h5,7-8,11-12H,1-4,6H2. The lowest BCUT2D eigenvalue weighted by Gasteiger charge is -2.03. The molecule has 16 heavy (non-hydrogen) atoms. The van der Waals surface area contributed by atoms with E-state index < -0.39 is 10.0 Å². The molecule has 0 spiro atoms. The average Bonchev–Trinajstić information content (AvgIpc) is 2.93. The van der Waals surface area contributed by atoms with Crippen LogP contribution >= 0.6 is 11.3 Å². The SMILES string of the molecule is O=S(=O)(NCCC1CC1)c1cc(CO)cs1. The molecule has 0 amide bonds. The van der Waals surface area contributed by atoms with Gasteiger partial charge < -0.3 is 5.11 Å². The largest absolute Gasteiger partial charge is 0.392 e. The van der Waals surface area contributed by atoms with Crippen LogP contribution in [0.5, 0.6) is 0 Å². The van der Waals surface area contributed by atoms with E-state index in [1.165, 1.54) is 18.9 Å². The van der Waals surface area contributed by atoms with Crippen molar-refractivity contribution in [3.63, 3.8) is 0 Å². The number of thiophene rings is 1. The van der Waals surface area contributed by atoms with E-state index in [1.807, 2.05) is 0 Å². The van der Waals surface area contributed by atoms with Crippen LogP contribution in [0.3, 0.4) is 0 Å². The highest BCUT2D eigenvalue weighted by atomic mass is 32.2. The second-order valence-electron chi connectivity index (χ2n) is 4.06. The molecule has 4 nitrogen and oxygen atoms in total. The van der Waals surface area contributed by atoms with E-state index >= 15 is 0 Å². The highest BCUT2D eigenvalue weighted by Crippen LogP contribution is 2.32. The predicted molar refractivity (Wildman–Crippen MR) is 62.8 cm³/mol. The molecule has 1 heterocycles. The Morgan fingerprint density at radius 2 is 2.25 bits per heavy atom. The van der Waals surface area contributed by atoms with Gasteiger partial charge in [-0.05, 0) is 29.3 Å². The van der Waals surface area contributed by atoms with Gasteiger partial charge in [0.2, 0.25) is 10.0 Å².